The van der Waals surface area contributed by atoms with E-state index in [2.05, 4.69) is 46.3 Å². The van der Waals surface area contributed by atoms with E-state index < -0.39 is 12.1 Å². The number of hydrogen-bond donors (Lipinski definition) is 6. The first-order chi connectivity index (χ1) is 26.4. The molecule has 0 spiro atoms. The Morgan fingerprint density at radius 3 is 1.35 bits per heavy atom. The Kier molecular flexibility index (Phi) is 39.9. The highest BCUT2D eigenvalue weighted by atomic mass is 35.5. The minimum Gasteiger partial charge on any atom is -0.370 e. The van der Waals surface area contributed by atoms with Crippen LogP contribution in [0.25, 0.3) is 0 Å². The SMILES string of the molecule is CCCCCCCC/C=C\CCCCCCCCN(CCCCCCCCCCCCCCCC)C(=O)C(CNC(=O)C(CCCNC(=N)N)NCl)NCl. The van der Waals surface area contributed by atoms with Gasteiger partial charge in [0.1, 0.15) is 12.1 Å². The van der Waals surface area contributed by atoms with Crippen LogP contribution in [0.2, 0.25) is 0 Å². The van der Waals surface area contributed by atoms with E-state index in [1.807, 2.05) is 4.90 Å². The third-order valence-corrected chi connectivity index (χ3v) is 10.9. The van der Waals surface area contributed by atoms with E-state index in [9.17, 15) is 9.59 Å². The van der Waals surface area contributed by atoms with Gasteiger partial charge in [-0.2, -0.15) is 0 Å². The summed E-state index contributed by atoms with van der Waals surface area (Å²) < 4.78 is 0. The molecule has 0 aliphatic rings. The molecule has 0 aromatic rings. The fourth-order valence-corrected chi connectivity index (χ4v) is 7.24. The molecule has 0 bridgehead atoms. The van der Waals surface area contributed by atoms with Gasteiger partial charge in [0.2, 0.25) is 11.8 Å². The van der Waals surface area contributed by atoms with Gasteiger partial charge in [-0.15, -0.1) is 0 Å². The van der Waals surface area contributed by atoms with Crippen molar-refractivity contribution >= 4 is 41.3 Å². The third-order valence-electron chi connectivity index (χ3n) is 10.4. The standard InChI is InChI=1S/C43H85Cl2N7O2/c1-3-5-7-9-11-13-15-17-19-20-22-24-26-28-30-32-37-52(36-31-29-27-25-23-21-18-16-14-12-10-8-6-4-2)42(54)40(51-45)38-49-41(53)39(50-44)34-33-35-48-43(46)47/h17,19,39-40,50-51H,3-16,18,20-38H2,1-2H3,(H,49,53)(H4,46,47,48)/b19-17-. The molecule has 0 heterocycles. The first-order valence-electron chi connectivity index (χ1n) is 22.4. The zero-order valence-electron chi connectivity index (χ0n) is 34.9. The van der Waals surface area contributed by atoms with Crippen molar-refractivity contribution in [3.05, 3.63) is 12.2 Å². The summed E-state index contributed by atoms with van der Waals surface area (Å²) in [5, 5.41) is 12.8. The van der Waals surface area contributed by atoms with Crippen molar-refractivity contribution in [2.45, 2.75) is 219 Å². The molecule has 2 unspecified atom stereocenters. The van der Waals surface area contributed by atoms with Crippen LogP contribution >= 0.6 is 23.6 Å². The number of allylic oxidation sites excluding steroid dienone is 2. The highest BCUT2D eigenvalue weighted by molar-refractivity contribution is 6.15. The fourth-order valence-electron chi connectivity index (χ4n) is 6.86. The molecular weight excluding hydrogens is 717 g/mol. The Labute approximate surface area is 343 Å². The lowest BCUT2D eigenvalue weighted by atomic mass is 10.0. The number of guanidine groups is 1. The molecule has 54 heavy (non-hydrogen) atoms. The molecule has 0 saturated carbocycles. The Balaban J connectivity index is 4.63. The number of unbranched alkanes of at least 4 members (excludes halogenated alkanes) is 25. The Morgan fingerprint density at radius 1 is 0.574 bits per heavy atom. The zero-order chi connectivity index (χ0) is 39.7. The molecule has 0 fully saturated rings. The number of amides is 2. The average molecular weight is 803 g/mol. The first-order valence-corrected chi connectivity index (χ1v) is 23.2. The van der Waals surface area contributed by atoms with Crippen molar-refractivity contribution < 1.29 is 9.59 Å². The molecule has 7 N–H and O–H groups in total. The van der Waals surface area contributed by atoms with Crippen molar-refractivity contribution in [3.63, 3.8) is 0 Å². The summed E-state index contributed by atoms with van der Waals surface area (Å²) in [6, 6.07) is -1.37. The molecule has 0 aromatic heterocycles. The normalized spacial score (nSPS) is 12.6. The van der Waals surface area contributed by atoms with Gasteiger partial charge in [0.25, 0.3) is 0 Å². The van der Waals surface area contributed by atoms with Crippen LogP contribution in [-0.4, -0.2) is 60.9 Å². The summed E-state index contributed by atoms with van der Waals surface area (Å²) in [4.78, 5) is 33.6. The molecule has 2 atom stereocenters. The van der Waals surface area contributed by atoms with Crippen LogP contribution in [0.15, 0.2) is 12.2 Å². The highest BCUT2D eigenvalue weighted by Crippen LogP contribution is 2.15. The molecule has 0 aliphatic carbocycles. The van der Waals surface area contributed by atoms with Crippen molar-refractivity contribution in [1.29, 1.82) is 5.41 Å². The number of carbonyl (C=O) groups is 2. The number of hydrogen-bond acceptors (Lipinski definition) is 5. The largest absolute Gasteiger partial charge is 0.370 e. The summed E-state index contributed by atoms with van der Waals surface area (Å²) in [7, 11) is 0. The van der Waals surface area contributed by atoms with E-state index in [0.29, 0.717) is 32.5 Å². The fraction of sp³-hybridized carbons (Fsp3) is 0.884. The Morgan fingerprint density at radius 2 is 0.963 bits per heavy atom. The summed E-state index contributed by atoms with van der Waals surface area (Å²) in [6.07, 6.45) is 41.5. The van der Waals surface area contributed by atoms with Crippen molar-refractivity contribution in [2.75, 3.05) is 26.2 Å². The lowest BCUT2D eigenvalue weighted by Crippen LogP contribution is -2.52. The van der Waals surface area contributed by atoms with Gasteiger partial charge in [-0.3, -0.25) is 15.0 Å². The molecule has 0 rings (SSSR count). The van der Waals surface area contributed by atoms with E-state index in [-0.39, 0.29) is 24.3 Å². The van der Waals surface area contributed by atoms with Gasteiger partial charge in [0.05, 0.1) is 0 Å². The van der Waals surface area contributed by atoms with Crippen LogP contribution in [-0.2, 0) is 9.59 Å². The van der Waals surface area contributed by atoms with Crippen LogP contribution in [0.4, 0.5) is 0 Å². The predicted octanol–water partition coefficient (Wildman–Crippen LogP) is 10.9. The minimum atomic E-state index is -0.730. The summed E-state index contributed by atoms with van der Waals surface area (Å²) in [5.74, 6) is -0.488. The molecule has 2 amide bonds. The lowest BCUT2D eigenvalue weighted by molar-refractivity contribution is -0.133. The average Bonchev–Trinajstić information content (AvgIpc) is 3.16. The van der Waals surface area contributed by atoms with E-state index >= 15 is 0 Å². The summed E-state index contributed by atoms with van der Waals surface area (Å²) >= 11 is 12.0. The van der Waals surface area contributed by atoms with Crippen LogP contribution in [0.5, 0.6) is 0 Å². The Hall–Kier alpha value is -1.55. The molecular formula is C43H85Cl2N7O2. The second-order valence-corrected chi connectivity index (χ2v) is 15.8. The second kappa shape index (κ2) is 41.1. The molecule has 11 heteroatoms. The maximum atomic E-state index is 13.7. The molecule has 0 radical (unpaired) electrons. The summed E-state index contributed by atoms with van der Waals surface area (Å²) in [6.45, 7) is 6.49. The molecule has 0 aliphatic heterocycles. The maximum absolute atomic E-state index is 13.7. The minimum absolute atomic E-state index is 0.0740. The van der Waals surface area contributed by atoms with Gasteiger partial charge in [0, 0.05) is 26.2 Å². The van der Waals surface area contributed by atoms with Crippen LogP contribution in [0.3, 0.4) is 0 Å². The van der Waals surface area contributed by atoms with Crippen LogP contribution in [0, 0.1) is 5.41 Å². The number of nitrogens with zero attached hydrogens (tertiary/aromatic N) is 1. The van der Waals surface area contributed by atoms with E-state index in [1.54, 1.807) is 0 Å². The summed E-state index contributed by atoms with van der Waals surface area (Å²) in [5.41, 5.74) is 5.33. The smallest absolute Gasteiger partial charge is 0.242 e. The topological polar surface area (TPSA) is 135 Å². The van der Waals surface area contributed by atoms with Gasteiger partial charge in [0.15, 0.2) is 5.96 Å². The quantitative estimate of drug-likeness (QED) is 0.0120. The number of nitrogens with one attached hydrogen (secondary N) is 5. The number of halogens is 2. The zero-order valence-corrected chi connectivity index (χ0v) is 36.5. The number of carbonyl (C=O) groups excluding carboxylic acids is 2. The third kappa shape index (κ3) is 33.8. The van der Waals surface area contributed by atoms with E-state index in [0.717, 1.165) is 25.7 Å². The lowest BCUT2D eigenvalue weighted by Gasteiger charge is -2.27. The predicted molar refractivity (Wildman–Crippen MR) is 234 cm³/mol. The maximum Gasteiger partial charge on any atom is 0.242 e. The Bertz CT molecular complexity index is 896. The van der Waals surface area contributed by atoms with Crippen molar-refractivity contribution in [3.8, 4) is 0 Å². The van der Waals surface area contributed by atoms with Crippen molar-refractivity contribution in [2.24, 2.45) is 5.73 Å². The molecule has 0 saturated heterocycles. The highest BCUT2D eigenvalue weighted by Gasteiger charge is 2.25. The monoisotopic (exact) mass is 802 g/mol. The number of rotatable bonds is 41. The van der Waals surface area contributed by atoms with Gasteiger partial charge in [-0.25, -0.2) is 9.67 Å². The van der Waals surface area contributed by atoms with Gasteiger partial charge in [-0.1, -0.05) is 167 Å². The van der Waals surface area contributed by atoms with Gasteiger partial charge >= 0.3 is 0 Å². The number of nitrogens with two attached hydrogens (primary N) is 1. The van der Waals surface area contributed by atoms with Crippen molar-refractivity contribution in [1.82, 2.24) is 25.2 Å². The van der Waals surface area contributed by atoms with Crippen LogP contribution < -0.4 is 26.0 Å². The molecule has 318 valence electrons. The first kappa shape index (κ1) is 52.5. The molecule has 0 aromatic carbocycles. The molecule has 9 nitrogen and oxygen atoms in total. The van der Waals surface area contributed by atoms with Gasteiger partial charge in [-0.05, 0) is 74.9 Å². The van der Waals surface area contributed by atoms with E-state index in [4.69, 9.17) is 34.7 Å². The van der Waals surface area contributed by atoms with E-state index in [1.165, 1.54) is 154 Å². The second-order valence-electron chi connectivity index (χ2n) is 15.4. The van der Waals surface area contributed by atoms with Gasteiger partial charge < -0.3 is 21.3 Å². The van der Waals surface area contributed by atoms with Crippen LogP contribution in [0.1, 0.15) is 206 Å².